The number of carboxylic acids is 1. The molecule has 0 bridgehead atoms. The topological polar surface area (TPSA) is 99.1 Å². The quantitative estimate of drug-likeness (QED) is 0.748. The van der Waals surface area contributed by atoms with Gasteiger partial charge in [-0.05, 0) is 36.4 Å². The molecule has 2 aromatic rings. The average molecular weight is 370 g/mol. The molecule has 0 radical (unpaired) electrons. The fourth-order valence-electron chi connectivity index (χ4n) is 3.07. The lowest BCUT2D eigenvalue weighted by Gasteiger charge is -2.35. The second kappa shape index (κ2) is 7.67. The van der Waals surface area contributed by atoms with Crippen molar-refractivity contribution in [3.63, 3.8) is 0 Å². The SMILES string of the molecule is COc1ccc(Nc2ccccc2C(=O)N2CCC(O)(C(=O)O)CC2)cc1. The van der Waals surface area contributed by atoms with E-state index in [1.54, 1.807) is 24.1 Å². The molecule has 1 aliphatic heterocycles. The number of rotatable bonds is 5. The van der Waals surface area contributed by atoms with Gasteiger partial charge in [-0.15, -0.1) is 0 Å². The fourth-order valence-corrected chi connectivity index (χ4v) is 3.07. The number of benzene rings is 2. The van der Waals surface area contributed by atoms with Gasteiger partial charge in [0.2, 0.25) is 0 Å². The van der Waals surface area contributed by atoms with Crippen LogP contribution in [0.3, 0.4) is 0 Å². The van der Waals surface area contributed by atoms with Gasteiger partial charge >= 0.3 is 5.97 Å². The van der Waals surface area contributed by atoms with Gasteiger partial charge in [0.1, 0.15) is 5.75 Å². The Balaban J connectivity index is 1.75. The summed E-state index contributed by atoms with van der Waals surface area (Å²) < 4.78 is 5.14. The number of amides is 1. The van der Waals surface area contributed by atoms with E-state index in [1.807, 2.05) is 36.4 Å². The molecule has 1 heterocycles. The highest BCUT2D eigenvalue weighted by atomic mass is 16.5. The molecule has 0 atom stereocenters. The minimum absolute atomic E-state index is 0.0160. The van der Waals surface area contributed by atoms with E-state index in [4.69, 9.17) is 9.84 Å². The highest BCUT2D eigenvalue weighted by Gasteiger charge is 2.40. The number of carbonyl (C=O) groups is 2. The molecule has 1 amide bonds. The summed E-state index contributed by atoms with van der Waals surface area (Å²) in [7, 11) is 1.60. The summed E-state index contributed by atoms with van der Waals surface area (Å²) in [6, 6.07) is 14.5. The number of likely N-dealkylation sites (tertiary alicyclic amines) is 1. The van der Waals surface area contributed by atoms with Crippen LogP contribution in [0, 0.1) is 0 Å². The van der Waals surface area contributed by atoms with Crippen LogP contribution < -0.4 is 10.1 Å². The Morgan fingerprint density at radius 3 is 2.30 bits per heavy atom. The summed E-state index contributed by atoms with van der Waals surface area (Å²) in [5, 5.41) is 22.4. The van der Waals surface area contributed by atoms with Crippen LogP contribution in [0.25, 0.3) is 0 Å². The van der Waals surface area contributed by atoms with Crippen LogP contribution in [-0.2, 0) is 4.79 Å². The first-order valence-electron chi connectivity index (χ1n) is 8.68. The van der Waals surface area contributed by atoms with Gasteiger partial charge in [0.15, 0.2) is 5.60 Å². The number of para-hydroxylation sites is 1. The molecule has 3 rings (SSSR count). The maximum atomic E-state index is 12.9. The zero-order valence-corrected chi connectivity index (χ0v) is 15.0. The summed E-state index contributed by atoms with van der Waals surface area (Å²) >= 11 is 0. The van der Waals surface area contributed by atoms with Crippen molar-refractivity contribution in [1.29, 1.82) is 0 Å². The Kier molecular flexibility index (Phi) is 5.32. The molecule has 1 fully saturated rings. The number of nitrogens with one attached hydrogen (secondary N) is 1. The fraction of sp³-hybridized carbons (Fsp3) is 0.300. The van der Waals surface area contributed by atoms with Crippen molar-refractivity contribution >= 4 is 23.3 Å². The summed E-state index contributed by atoms with van der Waals surface area (Å²) in [5.74, 6) is -0.695. The molecule has 7 heteroatoms. The summed E-state index contributed by atoms with van der Waals surface area (Å²) in [5.41, 5.74) is 0.216. The number of carboxylic acid groups (broad SMARTS) is 1. The zero-order chi connectivity index (χ0) is 19.4. The average Bonchev–Trinajstić information content (AvgIpc) is 2.69. The second-order valence-electron chi connectivity index (χ2n) is 6.53. The van der Waals surface area contributed by atoms with Gasteiger partial charge in [0, 0.05) is 31.6 Å². The lowest BCUT2D eigenvalue weighted by atomic mass is 9.91. The van der Waals surface area contributed by atoms with Crippen LogP contribution in [0.4, 0.5) is 11.4 Å². The van der Waals surface area contributed by atoms with Crippen LogP contribution >= 0.6 is 0 Å². The molecular weight excluding hydrogens is 348 g/mol. The predicted octanol–water partition coefficient (Wildman–Crippen LogP) is 2.49. The molecule has 142 valence electrons. The monoisotopic (exact) mass is 370 g/mol. The van der Waals surface area contributed by atoms with E-state index in [2.05, 4.69) is 5.32 Å². The largest absolute Gasteiger partial charge is 0.497 e. The van der Waals surface area contributed by atoms with Gasteiger partial charge in [-0.25, -0.2) is 4.79 Å². The smallest absolute Gasteiger partial charge is 0.335 e. The maximum Gasteiger partial charge on any atom is 0.335 e. The Labute approximate surface area is 157 Å². The van der Waals surface area contributed by atoms with Crippen LogP contribution in [0.2, 0.25) is 0 Å². The molecule has 2 aromatic carbocycles. The molecule has 0 saturated carbocycles. The van der Waals surface area contributed by atoms with Crippen LogP contribution in [-0.4, -0.2) is 52.8 Å². The van der Waals surface area contributed by atoms with E-state index in [1.165, 1.54) is 0 Å². The molecule has 0 spiro atoms. The number of ether oxygens (including phenoxy) is 1. The number of hydrogen-bond donors (Lipinski definition) is 3. The van der Waals surface area contributed by atoms with Crippen LogP contribution in [0.15, 0.2) is 48.5 Å². The molecule has 0 aromatic heterocycles. The highest BCUT2D eigenvalue weighted by molar-refractivity contribution is 6.00. The number of hydrogen-bond acceptors (Lipinski definition) is 5. The van der Waals surface area contributed by atoms with Gasteiger partial charge in [-0.3, -0.25) is 4.79 Å². The number of aliphatic hydroxyl groups is 1. The van der Waals surface area contributed by atoms with Gasteiger partial charge in [-0.2, -0.15) is 0 Å². The van der Waals surface area contributed by atoms with Crippen molar-refractivity contribution in [3.8, 4) is 5.75 Å². The van der Waals surface area contributed by atoms with Gasteiger partial charge in [-0.1, -0.05) is 12.1 Å². The third-order valence-corrected chi connectivity index (χ3v) is 4.80. The maximum absolute atomic E-state index is 12.9. The number of piperidine rings is 1. The molecule has 3 N–H and O–H groups in total. The first-order chi connectivity index (χ1) is 12.9. The second-order valence-corrected chi connectivity index (χ2v) is 6.53. The van der Waals surface area contributed by atoms with E-state index in [0.717, 1.165) is 11.4 Å². The van der Waals surface area contributed by atoms with E-state index >= 15 is 0 Å². The van der Waals surface area contributed by atoms with Gasteiger partial charge in [0.25, 0.3) is 5.91 Å². The zero-order valence-electron chi connectivity index (χ0n) is 15.0. The van der Waals surface area contributed by atoms with E-state index < -0.39 is 11.6 Å². The van der Waals surface area contributed by atoms with Crippen molar-refractivity contribution in [2.75, 3.05) is 25.5 Å². The first-order valence-corrected chi connectivity index (χ1v) is 8.68. The van der Waals surface area contributed by atoms with Crippen molar-refractivity contribution in [1.82, 2.24) is 4.90 Å². The Morgan fingerprint density at radius 1 is 1.07 bits per heavy atom. The third-order valence-electron chi connectivity index (χ3n) is 4.80. The Morgan fingerprint density at radius 2 is 1.70 bits per heavy atom. The standard InChI is InChI=1S/C20H22N2O5/c1-27-15-8-6-14(7-9-15)21-17-5-3-2-4-16(17)18(23)22-12-10-20(26,11-13-22)19(24)25/h2-9,21,26H,10-13H2,1H3,(H,24,25). The lowest BCUT2D eigenvalue weighted by Crippen LogP contribution is -2.50. The van der Waals surface area contributed by atoms with E-state index in [9.17, 15) is 14.7 Å². The van der Waals surface area contributed by atoms with Crippen LogP contribution in [0.1, 0.15) is 23.2 Å². The number of nitrogens with zero attached hydrogens (tertiary/aromatic N) is 1. The number of carbonyl (C=O) groups excluding carboxylic acids is 1. The van der Waals surface area contributed by atoms with Gasteiger partial charge < -0.3 is 25.2 Å². The third kappa shape index (κ3) is 4.03. The highest BCUT2D eigenvalue weighted by Crippen LogP contribution is 2.27. The molecule has 7 nitrogen and oxygen atoms in total. The van der Waals surface area contributed by atoms with Crippen molar-refractivity contribution in [2.24, 2.45) is 0 Å². The molecular formula is C20H22N2O5. The van der Waals surface area contributed by atoms with Crippen molar-refractivity contribution in [3.05, 3.63) is 54.1 Å². The predicted molar refractivity (Wildman–Crippen MR) is 100 cm³/mol. The first kappa shape index (κ1) is 18.7. The molecule has 1 saturated heterocycles. The molecule has 1 aliphatic rings. The minimum atomic E-state index is -1.75. The normalized spacial score (nSPS) is 15.9. The van der Waals surface area contributed by atoms with Gasteiger partial charge in [0.05, 0.1) is 18.4 Å². The summed E-state index contributed by atoms with van der Waals surface area (Å²) in [6.45, 7) is 0.386. The van der Waals surface area contributed by atoms with E-state index in [-0.39, 0.29) is 31.8 Å². The molecule has 27 heavy (non-hydrogen) atoms. The summed E-state index contributed by atoms with van der Waals surface area (Å²) in [4.78, 5) is 25.7. The lowest BCUT2D eigenvalue weighted by molar-refractivity contribution is -0.162. The van der Waals surface area contributed by atoms with E-state index in [0.29, 0.717) is 11.3 Å². The van der Waals surface area contributed by atoms with Crippen molar-refractivity contribution < 1.29 is 24.5 Å². The molecule has 0 aliphatic carbocycles. The Hall–Kier alpha value is -3.06. The van der Waals surface area contributed by atoms with Crippen molar-refractivity contribution in [2.45, 2.75) is 18.4 Å². The number of methoxy groups -OCH3 is 1. The number of anilines is 2. The van der Waals surface area contributed by atoms with Crippen LogP contribution in [0.5, 0.6) is 5.75 Å². The summed E-state index contributed by atoms with van der Waals surface area (Å²) in [6.07, 6.45) is 0.0320. The number of aliphatic carboxylic acids is 1. The Bertz CT molecular complexity index is 827. The molecule has 0 unspecified atom stereocenters. The minimum Gasteiger partial charge on any atom is -0.497 e.